The SMILES string of the molecule is NCC#C[C@@H]1N=Nc2ncnc(N)c21. The van der Waals surface area contributed by atoms with Crippen LogP contribution >= 0.6 is 0 Å². The molecule has 0 saturated heterocycles. The smallest absolute Gasteiger partial charge is 0.185 e. The molecule has 1 aliphatic heterocycles. The third-order valence-electron chi connectivity index (χ3n) is 1.78. The Morgan fingerprint density at radius 1 is 1.43 bits per heavy atom. The predicted molar refractivity (Wildman–Crippen MR) is 50.5 cm³/mol. The van der Waals surface area contributed by atoms with E-state index in [0.29, 0.717) is 17.2 Å². The number of hydrogen-bond donors (Lipinski definition) is 2. The van der Waals surface area contributed by atoms with Crippen LogP contribution < -0.4 is 11.5 Å². The maximum absolute atomic E-state index is 5.66. The Hall–Kier alpha value is -2.00. The van der Waals surface area contributed by atoms with Gasteiger partial charge in [0.2, 0.25) is 0 Å². The van der Waals surface area contributed by atoms with E-state index in [1.54, 1.807) is 0 Å². The van der Waals surface area contributed by atoms with Crippen molar-refractivity contribution in [1.82, 2.24) is 9.97 Å². The van der Waals surface area contributed by atoms with E-state index in [9.17, 15) is 0 Å². The summed E-state index contributed by atoms with van der Waals surface area (Å²) in [6, 6.07) is -0.366. The molecular weight excluding hydrogens is 180 g/mol. The lowest BCUT2D eigenvalue weighted by Crippen LogP contribution is -2.00. The molecule has 2 rings (SSSR count). The Morgan fingerprint density at radius 2 is 2.29 bits per heavy atom. The molecule has 0 amide bonds. The predicted octanol–water partition coefficient (Wildman–Crippen LogP) is 0.159. The molecule has 4 N–H and O–H groups in total. The maximum atomic E-state index is 5.66. The van der Waals surface area contributed by atoms with Crippen LogP contribution in [0.2, 0.25) is 0 Å². The zero-order valence-corrected chi connectivity index (χ0v) is 7.31. The summed E-state index contributed by atoms with van der Waals surface area (Å²) in [5.74, 6) is 6.42. The molecular formula is C8H8N6. The van der Waals surface area contributed by atoms with Crippen molar-refractivity contribution >= 4 is 11.6 Å². The van der Waals surface area contributed by atoms with Crippen molar-refractivity contribution in [2.45, 2.75) is 6.04 Å². The lowest BCUT2D eigenvalue weighted by molar-refractivity contribution is 0.925. The topological polar surface area (TPSA) is 103 Å². The summed E-state index contributed by atoms with van der Waals surface area (Å²) in [4.78, 5) is 7.78. The molecule has 6 heteroatoms. The molecule has 1 aliphatic rings. The average Bonchev–Trinajstić information content (AvgIpc) is 2.59. The van der Waals surface area contributed by atoms with Crippen molar-refractivity contribution in [3.63, 3.8) is 0 Å². The highest BCUT2D eigenvalue weighted by Crippen LogP contribution is 2.35. The molecule has 1 aromatic rings. The maximum Gasteiger partial charge on any atom is 0.185 e. The first-order valence-electron chi connectivity index (χ1n) is 4.02. The zero-order chi connectivity index (χ0) is 9.97. The van der Waals surface area contributed by atoms with Gasteiger partial charge in [0.1, 0.15) is 12.1 Å². The van der Waals surface area contributed by atoms with Crippen LogP contribution in [0.4, 0.5) is 11.6 Å². The highest BCUT2D eigenvalue weighted by atomic mass is 15.2. The van der Waals surface area contributed by atoms with Crippen LogP contribution in [0.25, 0.3) is 0 Å². The monoisotopic (exact) mass is 188 g/mol. The van der Waals surface area contributed by atoms with Crippen LogP contribution in [0.15, 0.2) is 16.6 Å². The minimum absolute atomic E-state index is 0.287. The van der Waals surface area contributed by atoms with E-state index in [1.807, 2.05) is 0 Å². The summed E-state index contributed by atoms with van der Waals surface area (Å²) < 4.78 is 0. The fourth-order valence-corrected chi connectivity index (χ4v) is 1.17. The summed E-state index contributed by atoms with van der Waals surface area (Å²) in [7, 11) is 0. The standard InChI is InChI=1S/C8H8N6/c9-3-1-2-5-6-7(10)11-4-12-8(6)14-13-5/h4-5H,3,9H2,(H2,10,11,12)/t5-/m0/s1. The van der Waals surface area contributed by atoms with Crippen LogP contribution in [0.1, 0.15) is 11.6 Å². The van der Waals surface area contributed by atoms with E-state index in [0.717, 1.165) is 0 Å². The summed E-state index contributed by atoms with van der Waals surface area (Å²) >= 11 is 0. The fraction of sp³-hybridized carbons (Fsp3) is 0.250. The molecule has 0 spiro atoms. The normalized spacial score (nSPS) is 17.4. The fourth-order valence-electron chi connectivity index (χ4n) is 1.17. The van der Waals surface area contributed by atoms with Gasteiger partial charge < -0.3 is 11.5 Å². The third kappa shape index (κ3) is 1.30. The van der Waals surface area contributed by atoms with Crippen molar-refractivity contribution in [2.75, 3.05) is 12.3 Å². The summed E-state index contributed by atoms with van der Waals surface area (Å²) in [5.41, 5.74) is 11.6. The third-order valence-corrected chi connectivity index (χ3v) is 1.78. The van der Waals surface area contributed by atoms with Crippen LogP contribution in [-0.4, -0.2) is 16.5 Å². The van der Waals surface area contributed by atoms with Gasteiger partial charge in [-0.25, -0.2) is 9.97 Å². The molecule has 1 aromatic heterocycles. The van der Waals surface area contributed by atoms with Crippen molar-refractivity contribution < 1.29 is 0 Å². The Balaban J connectivity index is 2.42. The largest absolute Gasteiger partial charge is 0.383 e. The molecule has 0 bridgehead atoms. The Kier molecular flexibility index (Phi) is 2.08. The lowest BCUT2D eigenvalue weighted by Gasteiger charge is -2.01. The molecule has 0 unspecified atom stereocenters. The van der Waals surface area contributed by atoms with Gasteiger partial charge in [0.25, 0.3) is 0 Å². The van der Waals surface area contributed by atoms with Gasteiger partial charge in [-0.2, -0.15) is 5.11 Å². The van der Waals surface area contributed by atoms with Crippen molar-refractivity contribution in [3.8, 4) is 11.8 Å². The molecule has 0 aromatic carbocycles. The number of nitrogen functional groups attached to an aromatic ring is 1. The summed E-state index contributed by atoms with van der Waals surface area (Å²) in [5, 5.41) is 7.76. The van der Waals surface area contributed by atoms with E-state index in [2.05, 4.69) is 32.0 Å². The minimum Gasteiger partial charge on any atom is -0.383 e. The Bertz CT molecular complexity index is 441. The molecule has 0 saturated carbocycles. The van der Waals surface area contributed by atoms with Crippen molar-refractivity contribution in [3.05, 3.63) is 11.9 Å². The number of nitrogens with zero attached hydrogens (tertiary/aromatic N) is 4. The lowest BCUT2D eigenvalue weighted by atomic mass is 10.1. The van der Waals surface area contributed by atoms with Crippen LogP contribution in [0.3, 0.4) is 0 Å². The van der Waals surface area contributed by atoms with Gasteiger partial charge in [-0.15, -0.1) is 5.11 Å². The molecule has 6 nitrogen and oxygen atoms in total. The molecule has 70 valence electrons. The number of azo groups is 1. The number of nitrogens with two attached hydrogens (primary N) is 2. The van der Waals surface area contributed by atoms with Gasteiger partial charge in [-0.1, -0.05) is 11.8 Å². The molecule has 0 radical (unpaired) electrons. The van der Waals surface area contributed by atoms with E-state index in [-0.39, 0.29) is 12.6 Å². The molecule has 1 atom stereocenters. The number of aromatic nitrogens is 2. The quantitative estimate of drug-likeness (QED) is 0.566. The van der Waals surface area contributed by atoms with Gasteiger partial charge in [-0.05, 0) is 0 Å². The second-order valence-corrected chi connectivity index (χ2v) is 2.64. The van der Waals surface area contributed by atoms with Gasteiger partial charge in [0.15, 0.2) is 11.9 Å². The first kappa shape index (κ1) is 8.59. The second kappa shape index (κ2) is 3.40. The Labute approximate surface area is 80.5 Å². The minimum atomic E-state index is -0.366. The van der Waals surface area contributed by atoms with E-state index in [4.69, 9.17) is 11.5 Å². The first-order valence-corrected chi connectivity index (χ1v) is 4.02. The molecule has 0 aliphatic carbocycles. The summed E-state index contributed by atoms with van der Waals surface area (Å²) in [6.45, 7) is 0.287. The highest BCUT2D eigenvalue weighted by Gasteiger charge is 2.23. The highest BCUT2D eigenvalue weighted by molar-refractivity contribution is 5.57. The number of rotatable bonds is 0. The number of fused-ring (bicyclic) bond motifs is 1. The van der Waals surface area contributed by atoms with Crippen molar-refractivity contribution in [1.29, 1.82) is 0 Å². The van der Waals surface area contributed by atoms with Crippen LogP contribution in [0, 0.1) is 11.8 Å². The molecule has 2 heterocycles. The zero-order valence-electron chi connectivity index (χ0n) is 7.31. The first-order chi connectivity index (χ1) is 6.83. The average molecular weight is 188 g/mol. The van der Waals surface area contributed by atoms with Gasteiger partial charge in [-0.3, -0.25) is 0 Å². The van der Waals surface area contributed by atoms with Crippen LogP contribution in [0.5, 0.6) is 0 Å². The van der Waals surface area contributed by atoms with Gasteiger partial charge in [0, 0.05) is 0 Å². The van der Waals surface area contributed by atoms with E-state index < -0.39 is 0 Å². The number of hydrogen-bond acceptors (Lipinski definition) is 6. The Morgan fingerprint density at radius 3 is 3.07 bits per heavy atom. The second-order valence-electron chi connectivity index (χ2n) is 2.64. The van der Waals surface area contributed by atoms with E-state index >= 15 is 0 Å². The van der Waals surface area contributed by atoms with Gasteiger partial charge in [0.05, 0.1) is 12.1 Å². The molecule has 14 heavy (non-hydrogen) atoms. The molecule has 0 fully saturated rings. The van der Waals surface area contributed by atoms with Crippen molar-refractivity contribution in [2.24, 2.45) is 16.0 Å². The number of anilines is 1. The van der Waals surface area contributed by atoms with E-state index in [1.165, 1.54) is 6.33 Å². The van der Waals surface area contributed by atoms with Gasteiger partial charge >= 0.3 is 0 Å². The summed E-state index contributed by atoms with van der Waals surface area (Å²) in [6.07, 6.45) is 1.35. The van der Waals surface area contributed by atoms with Crippen LogP contribution in [-0.2, 0) is 0 Å².